The standard InChI is InChI=1S/C21H12F3NO3S/c22-12-5-3-11(4-6-12)19(26)17-18(16-2-1-9-29-16)25(21(28)20(17)27)15-8-7-13(23)10-14(15)24/h1-10,18,26H/b19-17-. The predicted molar refractivity (Wildman–Crippen MR) is 102 cm³/mol. The van der Waals surface area contributed by atoms with Crippen LogP contribution in [0.3, 0.4) is 0 Å². The Morgan fingerprint density at radius 2 is 1.66 bits per heavy atom. The third-order valence-corrected chi connectivity index (χ3v) is 5.47. The molecule has 0 radical (unpaired) electrons. The molecule has 1 amide bonds. The molecule has 8 heteroatoms. The van der Waals surface area contributed by atoms with Crippen LogP contribution in [0.25, 0.3) is 5.76 Å². The molecule has 0 aliphatic carbocycles. The summed E-state index contributed by atoms with van der Waals surface area (Å²) in [5, 5.41) is 12.5. The molecule has 1 aromatic heterocycles. The largest absolute Gasteiger partial charge is 0.507 e. The summed E-state index contributed by atoms with van der Waals surface area (Å²) in [6.45, 7) is 0. The first-order valence-corrected chi connectivity index (χ1v) is 9.32. The number of carbonyl (C=O) groups excluding carboxylic acids is 2. The van der Waals surface area contributed by atoms with Crippen LogP contribution in [-0.4, -0.2) is 16.8 Å². The summed E-state index contributed by atoms with van der Waals surface area (Å²) in [4.78, 5) is 26.9. The first-order chi connectivity index (χ1) is 13.9. The van der Waals surface area contributed by atoms with Gasteiger partial charge in [0.25, 0.3) is 11.7 Å². The van der Waals surface area contributed by atoms with Crippen LogP contribution < -0.4 is 4.90 Å². The molecule has 4 rings (SSSR count). The highest BCUT2D eigenvalue weighted by Crippen LogP contribution is 2.44. The lowest BCUT2D eigenvalue weighted by Gasteiger charge is -2.24. The Morgan fingerprint density at radius 3 is 2.28 bits per heavy atom. The number of Topliss-reactive ketones (excluding diaryl/α,β-unsaturated/α-hetero) is 1. The molecule has 2 heterocycles. The Balaban J connectivity index is 1.94. The molecule has 1 N–H and O–H groups in total. The second-order valence-electron chi connectivity index (χ2n) is 6.29. The number of hydrogen-bond acceptors (Lipinski definition) is 4. The number of nitrogens with zero attached hydrogens (tertiary/aromatic N) is 1. The van der Waals surface area contributed by atoms with Crippen molar-refractivity contribution in [3.05, 3.63) is 93.4 Å². The molecule has 1 aliphatic rings. The third kappa shape index (κ3) is 3.21. The van der Waals surface area contributed by atoms with Gasteiger partial charge in [0, 0.05) is 16.5 Å². The molecule has 29 heavy (non-hydrogen) atoms. The van der Waals surface area contributed by atoms with E-state index in [1.807, 2.05) is 0 Å². The maximum absolute atomic E-state index is 14.5. The van der Waals surface area contributed by atoms with Gasteiger partial charge in [-0.3, -0.25) is 14.5 Å². The fourth-order valence-electron chi connectivity index (χ4n) is 3.24. The Kier molecular flexibility index (Phi) is 4.71. The number of benzene rings is 2. The number of halogens is 3. The average Bonchev–Trinajstić information content (AvgIpc) is 3.30. The maximum Gasteiger partial charge on any atom is 0.300 e. The van der Waals surface area contributed by atoms with Crippen molar-refractivity contribution in [2.75, 3.05) is 4.90 Å². The van der Waals surface area contributed by atoms with Crippen molar-refractivity contribution >= 4 is 34.5 Å². The molecule has 1 unspecified atom stereocenters. The summed E-state index contributed by atoms with van der Waals surface area (Å²) >= 11 is 1.20. The summed E-state index contributed by atoms with van der Waals surface area (Å²) in [5.74, 6) is -4.97. The van der Waals surface area contributed by atoms with Gasteiger partial charge < -0.3 is 5.11 Å². The highest BCUT2D eigenvalue weighted by molar-refractivity contribution is 7.10. The molecular weight excluding hydrogens is 403 g/mol. The molecule has 1 aliphatic heterocycles. The second kappa shape index (κ2) is 7.21. The SMILES string of the molecule is O=C1C(=O)N(c2ccc(F)cc2F)C(c2cccs2)/C1=C(/O)c1ccc(F)cc1. The van der Waals surface area contributed by atoms with E-state index in [9.17, 15) is 27.9 Å². The first-order valence-electron chi connectivity index (χ1n) is 8.44. The average molecular weight is 415 g/mol. The van der Waals surface area contributed by atoms with Crippen molar-refractivity contribution in [1.82, 2.24) is 0 Å². The molecule has 0 spiro atoms. The van der Waals surface area contributed by atoms with Gasteiger partial charge >= 0.3 is 0 Å². The van der Waals surface area contributed by atoms with E-state index < -0.39 is 40.9 Å². The summed E-state index contributed by atoms with van der Waals surface area (Å²) < 4.78 is 41.0. The van der Waals surface area contributed by atoms with Crippen molar-refractivity contribution in [3.8, 4) is 0 Å². The highest BCUT2D eigenvalue weighted by atomic mass is 32.1. The van der Waals surface area contributed by atoms with Gasteiger partial charge in [0.15, 0.2) is 0 Å². The summed E-state index contributed by atoms with van der Waals surface area (Å²) in [6, 6.07) is 9.59. The quantitative estimate of drug-likeness (QED) is 0.380. The van der Waals surface area contributed by atoms with Crippen molar-refractivity contribution in [1.29, 1.82) is 0 Å². The molecule has 1 fully saturated rings. The van der Waals surface area contributed by atoms with E-state index in [4.69, 9.17) is 0 Å². The number of carbonyl (C=O) groups is 2. The van der Waals surface area contributed by atoms with E-state index in [-0.39, 0.29) is 16.8 Å². The van der Waals surface area contributed by atoms with E-state index in [2.05, 4.69) is 0 Å². The van der Waals surface area contributed by atoms with Gasteiger partial charge in [-0.15, -0.1) is 11.3 Å². The van der Waals surface area contributed by atoms with Crippen molar-refractivity contribution < 1.29 is 27.9 Å². The van der Waals surface area contributed by atoms with E-state index in [0.29, 0.717) is 10.9 Å². The van der Waals surface area contributed by atoms with Crippen LogP contribution in [0.15, 0.2) is 65.6 Å². The van der Waals surface area contributed by atoms with Gasteiger partial charge in [0.1, 0.15) is 29.3 Å². The van der Waals surface area contributed by atoms with Gasteiger partial charge in [-0.2, -0.15) is 0 Å². The first kappa shape index (κ1) is 18.9. The van der Waals surface area contributed by atoms with E-state index >= 15 is 0 Å². The van der Waals surface area contributed by atoms with Gasteiger partial charge in [0.2, 0.25) is 0 Å². The Hall–Kier alpha value is -3.39. The van der Waals surface area contributed by atoms with E-state index in [0.717, 1.165) is 29.2 Å². The highest BCUT2D eigenvalue weighted by Gasteiger charge is 2.48. The second-order valence-corrected chi connectivity index (χ2v) is 7.27. The van der Waals surface area contributed by atoms with Gasteiger partial charge in [0.05, 0.1) is 11.3 Å². The van der Waals surface area contributed by atoms with Crippen LogP contribution in [-0.2, 0) is 9.59 Å². The predicted octanol–water partition coefficient (Wildman–Crippen LogP) is 4.79. The van der Waals surface area contributed by atoms with Gasteiger partial charge in [-0.1, -0.05) is 6.07 Å². The molecule has 0 bridgehead atoms. The molecule has 1 saturated heterocycles. The zero-order chi connectivity index (χ0) is 20.7. The minimum absolute atomic E-state index is 0.130. The van der Waals surface area contributed by atoms with Crippen LogP contribution in [0.2, 0.25) is 0 Å². The lowest BCUT2D eigenvalue weighted by molar-refractivity contribution is -0.132. The summed E-state index contributed by atoms with van der Waals surface area (Å²) in [5.41, 5.74) is -0.414. The fourth-order valence-corrected chi connectivity index (χ4v) is 4.06. The number of aliphatic hydroxyl groups excluding tert-OH is 1. The van der Waals surface area contributed by atoms with Crippen LogP contribution in [0, 0.1) is 17.5 Å². The van der Waals surface area contributed by atoms with Gasteiger partial charge in [-0.05, 0) is 47.8 Å². The maximum atomic E-state index is 14.5. The van der Waals surface area contributed by atoms with Crippen molar-refractivity contribution in [2.24, 2.45) is 0 Å². The third-order valence-electron chi connectivity index (χ3n) is 4.54. The zero-order valence-electron chi connectivity index (χ0n) is 14.6. The lowest BCUT2D eigenvalue weighted by Crippen LogP contribution is -2.30. The monoisotopic (exact) mass is 415 g/mol. The Bertz CT molecular complexity index is 1140. The molecule has 146 valence electrons. The smallest absolute Gasteiger partial charge is 0.300 e. The van der Waals surface area contributed by atoms with E-state index in [1.54, 1.807) is 17.5 Å². The summed E-state index contributed by atoms with van der Waals surface area (Å²) in [6.07, 6.45) is 0. The van der Waals surface area contributed by atoms with Crippen LogP contribution >= 0.6 is 11.3 Å². The summed E-state index contributed by atoms with van der Waals surface area (Å²) in [7, 11) is 0. The molecule has 0 saturated carbocycles. The number of hydrogen-bond donors (Lipinski definition) is 1. The lowest BCUT2D eigenvalue weighted by atomic mass is 9.99. The zero-order valence-corrected chi connectivity index (χ0v) is 15.4. The normalized spacial score (nSPS) is 18.4. The van der Waals surface area contributed by atoms with Gasteiger partial charge in [-0.25, -0.2) is 13.2 Å². The Morgan fingerprint density at radius 1 is 0.966 bits per heavy atom. The fraction of sp³-hybridized carbons (Fsp3) is 0.0476. The molecule has 1 atom stereocenters. The van der Waals surface area contributed by atoms with Crippen molar-refractivity contribution in [2.45, 2.75) is 6.04 Å². The van der Waals surface area contributed by atoms with Crippen LogP contribution in [0.4, 0.5) is 18.9 Å². The Labute approximate surface area is 167 Å². The number of aliphatic hydroxyl groups is 1. The topological polar surface area (TPSA) is 57.6 Å². The van der Waals surface area contributed by atoms with E-state index in [1.165, 1.54) is 23.5 Å². The number of amides is 1. The van der Waals surface area contributed by atoms with Crippen LogP contribution in [0.5, 0.6) is 0 Å². The molecular formula is C21H12F3NO3S. The molecule has 4 nitrogen and oxygen atoms in total. The minimum Gasteiger partial charge on any atom is -0.507 e. The van der Waals surface area contributed by atoms with Crippen LogP contribution in [0.1, 0.15) is 16.5 Å². The van der Waals surface area contributed by atoms with Crippen molar-refractivity contribution in [3.63, 3.8) is 0 Å². The number of rotatable bonds is 3. The number of anilines is 1. The number of ketones is 1. The molecule has 3 aromatic rings. The minimum atomic E-state index is -1.11. The number of thiophene rings is 1. The molecule has 2 aromatic carbocycles.